The van der Waals surface area contributed by atoms with Crippen LogP contribution in [0.15, 0.2) is 29.4 Å². The van der Waals surface area contributed by atoms with Gasteiger partial charge in [-0.15, -0.1) is 0 Å². The monoisotopic (exact) mass is 174 g/mol. The third kappa shape index (κ3) is 2.75. The van der Waals surface area contributed by atoms with E-state index in [1.54, 1.807) is 31.6 Å². The highest BCUT2D eigenvalue weighted by Crippen LogP contribution is 1.98. The molecule has 11 heavy (non-hydrogen) atoms. The van der Waals surface area contributed by atoms with Gasteiger partial charge in [-0.1, -0.05) is 0 Å². The number of nitrogens with one attached hydrogen (secondary N) is 1. The Morgan fingerprint density at radius 3 is 2.82 bits per heavy atom. The first kappa shape index (κ1) is 10.2. The summed E-state index contributed by atoms with van der Waals surface area (Å²) >= 11 is 0. The zero-order chi connectivity index (χ0) is 7.40. The van der Waals surface area contributed by atoms with Gasteiger partial charge >= 0.3 is 0 Å². The van der Waals surface area contributed by atoms with E-state index in [0.29, 0.717) is 4.90 Å². The first-order valence-electron chi connectivity index (χ1n) is 2.84. The van der Waals surface area contributed by atoms with Crippen molar-refractivity contribution in [2.45, 2.75) is 4.90 Å². The molecule has 0 spiro atoms. The minimum absolute atomic E-state index is 0. The molecule has 1 aromatic heterocycles. The van der Waals surface area contributed by atoms with Crippen molar-refractivity contribution in [2.75, 3.05) is 7.05 Å². The fraction of sp³-hybridized carbons (Fsp3) is 0.167. The summed E-state index contributed by atoms with van der Waals surface area (Å²) in [6.07, 6.45) is 3.23. The van der Waals surface area contributed by atoms with Crippen LogP contribution in [0, 0.1) is 0 Å². The predicted octanol–water partition coefficient (Wildman–Crippen LogP) is -0.501. The number of pyridine rings is 1. The van der Waals surface area contributed by atoms with Gasteiger partial charge in [-0.05, 0) is 19.2 Å². The molecular formula is C6H10N2O2S. The third-order valence-corrected chi connectivity index (χ3v) is 2.07. The standard InChI is InChI=1S/C6H8N2OS.H2O/c1-7-10(9)6-3-2-4-8-5-6;/h2-5,7H,1H3;1H2. The summed E-state index contributed by atoms with van der Waals surface area (Å²) in [6.45, 7) is 0. The zero-order valence-corrected chi connectivity index (χ0v) is 6.89. The molecule has 1 rings (SSSR count). The fourth-order valence-corrected chi connectivity index (χ4v) is 1.17. The van der Waals surface area contributed by atoms with E-state index >= 15 is 0 Å². The lowest BCUT2D eigenvalue weighted by atomic mass is 10.5. The van der Waals surface area contributed by atoms with Crippen LogP contribution in [0.2, 0.25) is 0 Å². The lowest BCUT2D eigenvalue weighted by molar-refractivity contribution is 0.677. The van der Waals surface area contributed by atoms with Crippen molar-refractivity contribution in [2.24, 2.45) is 0 Å². The highest BCUT2D eigenvalue weighted by atomic mass is 32.2. The molecule has 62 valence electrons. The van der Waals surface area contributed by atoms with Crippen molar-refractivity contribution in [1.29, 1.82) is 0 Å². The van der Waals surface area contributed by atoms with Crippen molar-refractivity contribution in [3.05, 3.63) is 24.5 Å². The smallest absolute Gasteiger partial charge is 0.126 e. The summed E-state index contributed by atoms with van der Waals surface area (Å²) in [5.74, 6) is 0. The van der Waals surface area contributed by atoms with Gasteiger partial charge in [0.2, 0.25) is 0 Å². The van der Waals surface area contributed by atoms with E-state index in [9.17, 15) is 4.21 Å². The van der Waals surface area contributed by atoms with Gasteiger partial charge in [0.05, 0.1) is 4.90 Å². The molecule has 0 saturated carbocycles. The minimum atomic E-state index is -1.10. The van der Waals surface area contributed by atoms with Crippen molar-refractivity contribution in [1.82, 2.24) is 9.71 Å². The summed E-state index contributed by atoms with van der Waals surface area (Å²) in [5.41, 5.74) is 0. The van der Waals surface area contributed by atoms with Gasteiger partial charge < -0.3 is 5.48 Å². The van der Waals surface area contributed by atoms with Crippen LogP contribution in [0.4, 0.5) is 0 Å². The van der Waals surface area contributed by atoms with Gasteiger partial charge in [0.25, 0.3) is 0 Å². The van der Waals surface area contributed by atoms with Crippen LogP contribution in [-0.4, -0.2) is 21.7 Å². The molecule has 0 bridgehead atoms. The Morgan fingerprint density at radius 1 is 1.64 bits per heavy atom. The Hall–Kier alpha value is -0.780. The molecule has 0 aliphatic rings. The maximum Gasteiger partial charge on any atom is 0.126 e. The quantitative estimate of drug-likeness (QED) is 0.656. The Bertz CT molecular complexity index is 227. The van der Waals surface area contributed by atoms with Crippen LogP contribution in [-0.2, 0) is 11.0 Å². The molecule has 0 aliphatic carbocycles. The fourth-order valence-electron chi connectivity index (χ4n) is 0.575. The van der Waals surface area contributed by atoms with Gasteiger partial charge in [-0.25, -0.2) is 8.93 Å². The maximum atomic E-state index is 11.0. The van der Waals surface area contributed by atoms with Crippen LogP contribution in [0.1, 0.15) is 0 Å². The van der Waals surface area contributed by atoms with E-state index < -0.39 is 11.0 Å². The van der Waals surface area contributed by atoms with E-state index in [4.69, 9.17) is 0 Å². The van der Waals surface area contributed by atoms with Gasteiger partial charge in [-0.3, -0.25) is 4.98 Å². The molecule has 0 radical (unpaired) electrons. The molecule has 1 atom stereocenters. The largest absolute Gasteiger partial charge is 0.412 e. The van der Waals surface area contributed by atoms with E-state index in [2.05, 4.69) is 9.71 Å². The lowest BCUT2D eigenvalue weighted by Gasteiger charge is -1.95. The molecule has 0 aliphatic heterocycles. The second-order valence-corrected chi connectivity index (χ2v) is 3.08. The molecule has 0 saturated heterocycles. The zero-order valence-electron chi connectivity index (χ0n) is 6.07. The third-order valence-electron chi connectivity index (χ3n) is 1.03. The number of nitrogens with zero attached hydrogens (tertiary/aromatic N) is 1. The topological polar surface area (TPSA) is 73.5 Å². The van der Waals surface area contributed by atoms with Crippen LogP contribution in [0.3, 0.4) is 0 Å². The highest BCUT2D eigenvalue weighted by molar-refractivity contribution is 7.83. The first-order valence-corrected chi connectivity index (χ1v) is 3.99. The van der Waals surface area contributed by atoms with Gasteiger partial charge in [0, 0.05) is 12.4 Å². The molecule has 1 heterocycles. The summed E-state index contributed by atoms with van der Waals surface area (Å²) < 4.78 is 13.6. The van der Waals surface area contributed by atoms with Gasteiger partial charge in [-0.2, -0.15) is 0 Å². The number of aromatic nitrogens is 1. The molecule has 3 N–H and O–H groups in total. The Balaban J connectivity index is 0.000001000. The van der Waals surface area contributed by atoms with Crippen LogP contribution >= 0.6 is 0 Å². The van der Waals surface area contributed by atoms with E-state index in [-0.39, 0.29) is 5.48 Å². The molecular weight excluding hydrogens is 164 g/mol. The normalized spacial score (nSPS) is 11.7. The van der Waals surface area contributed by atoms with Crippen molar-refractivity contribution in [3.8, 4) is 0 Å². The van der Waals surface area contributed by atoms with E-state index in [0.717, 1.165) is 0 Å². The summed E-state index contributed by atoms with van der Waals surface area (Å²) in [4.78, 5) is 4.52. The van der Waals surface area contributed by atoms with Crippen LogP contribution in [0.25, 0.3) is 0 Å². The summed E-state index contributed by atoms with van der Waals surface area (Å²) in [7, 11) is 0.539. The average Bonchev–Trinajstić information content (AvgIpc) is 2.05. The SMILES string of the molecule is CNS(=O)c1cccnc1.O. The Labute approximate surface area is 67.6 Å². The number of hydrogen-bond donors (Lipinski definition) is 1. The minimum Gasteiger partial charge on any atom is -0.412 e. The Morgan fingerprint density at radius 2 is 2.36 bits per heavy atom. The van der Waals surface area contributed by atoms with Crippen molar-refractivity contribution >= 4 is 11.0 Å². The predicted molar refractivity (Wildman–Crippen MR) is 43.3 cm³/mol. The van der Waals surface area contributed by atoms with Gasteiger partial charge in [0.1, 0.15) is 11.0 Å². The summed E-state index contributed by atoms with van der Waals surface area (Å²) in [5, 5.41) is 0. The van der Waals surface area contributed by atoms with Crippen molar-refractivity contribution in [3.63, 3.8) is 0 Å². The van der Waals surface area contributed by atoms with Crippen LogP contribution in [0.5, 0.6) is 0 Å². The van der Waals surface area contributed by atoms with Crippen LogP contribution < -0.4 is 4.72 Å². The van der Waals surface area contributed by atoms with Crippen molar-refractivity contribution < 1.29 is 9.69 Å². The van der Waals surface area contributed by atoms with E-state index in [1.807, 2.05) is 0 Å². The second-order valence-electron chi connectivity index (χ2n) is 1.66. The average molecular weight is 174 g/mol. The summed E-state index contributed by atoms with van der Waals surface area (Å²) in [6, 6.07) is 3.52. The molecule has 0 aromatic carbocycles. The van der Waals surface area contributed by atoms with E-state index in [1.165, 1.54) is 0 Å². The first-order chi connectivity index (χ1) is 4.84. The number of hydrogen-bond acceptors (Lipinski definition) is 2. The molecule has 5 heteroatoms. The molecule has 1 aromatic rings. The number of rotatable bonds is 2. The molecule has 1 unspecified atom stereocenters. The Kier molecular flexibility index (Phi) is 4.60. The lowest BCUT2D eigenvalue weighted by Crippen LogP contribution is -2.10. The molecule has 0 amide bonds. The highest BCUT2D eigenvalue weighted by Gasteiger charge is 1.96. The molecule has 0 fully saturated rings. The molecule has 4 nitrogen and oxygen atoms in total. The second kappa shape index (κ2) is 4.95. The maximum absolute atomic E-state index is 11.0. The van der Waals surface area contributed by atoms with Gasteiger partial charge in [0.15, 0.2) is 0 Å².